The molecule has 0 saturated heterocycles. The molecule has 0 radical (unpaired) electrons. The highest BCUT2D eigenvalue weighted by Crippen LogP contribution is 2.30. The Balaban J connectivity index is 2.08. The zero-order chi connectivity index (χ0) is 13.2. The zero-order valence-electron chi connectivity index (χ0n) is 10.8. The molecule has 0 bridgehead atoms. The lowest BCUT2D eigenvalue weighted by Crippen LogP contribution is -2.11. The van der Waals surface area contributed by atoms with Crippen LogP contribution in [-0.2, 0) is 6.42 Å². The van der Waals surface area contributed by atoms with Crippen LogP contribution in [0.15, 0.2) is 48.7 Å². The fourth-order valence-corrected chi connectivity index (χ4v) is 3.26. The second kappa shape index (κ2) is 5.11. The van der Waals surface area contributed by atoms with E-state index in [1.807, 2.05) is 18.3 Å². The van der Waals surface area contributed by atoms with Gasteiger partial charge in [0.25, 0.3) is 0 Å². The summed E-state index contributed by atoms with van der Waals surface area (Å²) in [5.74, 6) is 0. The van der Waals surface area contributed by atoms with Gasteiger partial charge in [-0.2, -0.15) is 0 Å². The fourth-order valence-electron chi connectivity index (χ4n) is 2.28. The van der Waals surface area contributed by atoms with E-state index < -0.39 is 0 Å². The average Bonchev–Trinajstić information content (AvgIpc) is 2.95. The Labute approximate surface area is 116 Å². The first-order valence-corrected chi connectivity index (χ1v) is 7.29. The monoisotopic (exact) mass is 268 g/mol. The summed E-state index contributed by atoms with van der Waals surface area (Å²) in [6.45, 7) is 2.17. The highest BCUT2D eigenvalue weighted by atomic mass is 32.1. The number of thiophene rings is 1. The van der Waals surface area contributed by atoms with Crippen LogP contribution >= 0.6 is 11.3 Å². The Kier molecular flexibility index (Phi) is 3.32. The summed E-state index contributed by atoms with van der Waals surface area (Å²) in [6, 6.07) is 14.4. The van der Waals surface area contributed by atoms with E-state index in [0.717, 1.165) is 22.9 Å². The van der Waals surface area contributed by atoms with Crippen molar-refractivity contribution in [1.29, 1.82) is 0 Å². The third-order valence-electron chi connectivity index (χ3n) is 3.34. The van der Waals surface area contributed by atoms with E-state index in [1.54, 1.807) is 11.3 Å². The van der Waals surface area contributed by atoms with Gasteiger partial charge in [-0.3, -0.25) is 4.98 Å². The van der Waals surface area contributed by atoms with Crippen LogP contribution in [0.25, 0.3) is 10.9 Å². The zero-order valence-corrected chi connectivity index (χ0v) is 11.7. The molecule has 0 spiro atoms. The first-order chi connectivity index (χ1) is 9.29. The third kappa shape index (κ3) is 2.27. The summed E-state index contributed by atoms with van der Waals surface area (Å²) in [4.78, 5) is 7.06. The van der Waals surface area contributed by atoms with Crippen LogP contribution in [0, 0.1) is 0 Å². The molecule has 2 nitrogen and oxygen atoms in total. The van der Waals surface area contributed by atoms with Crippen molar-refractivity contribution in [3.63, 3.8) is 0 Å². The number of aryl methyl sites for hydroxylation is 1. The van der Waals surface area contributed by atoms with Crippen molar-refractivity contribution >= 4 is 22.2 Å². The highest BCUT2D eigenvalue weighted by Gasteiger charge is 2.14. The van der Waals surface area contributed by atoms with Crippen LogP contribution in [-0.4, -0.2) is 4.98 Å². The number of hydrogen-bond acceptors (Lipinski definition) is 3. The van der Waals surface area contributed by atoms with Gasteiger partial charge in [0.2, 0.25) is 0 Å². The Morgan fingerprint density at radius 1 is 1.16 bits per heavy atom. The SMILES string of the molecule is CCc1ccc(C(N)c2cccc3cccnc23)s1. The summed E-state index contributed by atoms with van der Waals surface area (Å²) in [5.41, 5.74) is 8.52. The van der Waals surface area contributed by atoms with E-state index >= 15 is 0 Å². The molecule has 1 unspecified atom stereocenters. The molecule has 0 aliphatic carbocycles. The standard InChI is InChI=1S/C16H16N2S/c1-2-12-8-9-14(19-12)15(17)13-7-3-5-11-6-4-10-18-16(11)13/h3-10,15H,2,17H2,1H3. The van der Waals surface area contributed by atoms with Gasteiger partial charge >= 0.3 is 0 Å². The molecule has 96 valence electrons. The van der Waals surface area contributed by atoms with Gasteiger partial charge < -0.3 is 5.73 Å². The molecule has 0 aliphatic rings. The third-order valence-corrected chi connectivity index (χ3v) is 4.65. The number of hydrogen-bond donors (Lipinski definition) is 1. The van der Waals surface area contributed by atoms with Gasteiger partial charge in [0.15, 0.2) is 0 Å². The second-order valence-electron chi connectivity index (χ2n) is 4.56. The number of nitrogens with zero attached hydrogens (tertiary/aromatic N) is 1. The maximum absolute atomic E-state index is 6.42. The molecule has 3 rings (SSSR count). The van der Waals surface area contributed by atoms with Crippen LogP contribution in [0.5, 0.6) is 0 Å². The lowest BCUT2D eigenvalue weighted by molar-refractivity contribution is 0.899. The number of aromatic nitrogens is 1. The lowest BCUT2D eigenvalue weighted by atomic mass is 10.0. The minimum Gasteiger partial charge on any atom is -0.320 e. The average molecular weight is 268 g/mol. The number of pyridine rings is 1. The molecule has 0 saturated carbocycles. The molecule has 2 aromatic heterocycles. The number of fused-ring (bicyclic) bond motifs is 1. The Morgan fingerprint density at radius 3 is 2.79 bits per heavy atom. The van der Waals surface area contributed by atoms with Crippen molar-refractivity contribution in [2.24, 2.45) is 5.73 Å². The van der Waals surface area contributed by atoms with E-state index in [0.29, 0.717) is 0 Å². The Hall–Kier alpha value is -1.71. The molecule has 1 atom stereocenters. The molecule has 3 heteroatoms. The largest absolute Gasteiger partial charge is 0.320 e. The lowest BCUT2D eigenvalue weighted by Gasteiger charge is -2.12. The van der Waals surface area contributed by atoms with Gasteiger partial charge in [-0.15, -0.1) is 11.3 Å². The minimum atomic E-state index is -0.0936. The molecule has 1 aromatic carbocycles. The number of rotatable bonds is 3. The fraction of sp³-hybridized carbons (Fsp3) is 0.188. The first kappa shape index (κ1) is 12.3. The smallest absolute Gasteiger partial charge is 0.0753 e. The molecule has 0 fully saturated rings. The predicted molar refractivity (Wildman–Crippen MR) is 81.5 cm³/mol. The Morgan fingerprint density at radius 2 is 2.00 bits per heavy atom. The topological polar surface area (TPSA) is 38.9 Å². The summed E-state index contributed by atoms with van der Waals surface area (Å²) in [7, 11) is 0. The summed E-state index contributed by atoms with van der Waals surface area (Å²) < 4.78 is 0. The van der Waals surface area contributed by atoms with Crippen molar-refractivity contribution in [3.05, 3.63) is 64.0 Å². The van der Waals surface area contributed by atoms with E-state index in [9.17, 15) is 0 Å². The summed E-state index contributed by atoms with van der Waals surface area (Å²) >= 11 is 1.79. The number of benzene rings is 1. The molecular weight excluding hydrogens is 252 g/mol. The minimum absolute atomic E-state index is 0.0936. The van der Waals surface area contributed by atoms with Gasteiger partial charge in [-0.25, -0.2) is 0 Å². The van der Waals surface area contributed by atoms with Gasteiger partial charge in [0.05, 0.1) is 11.6 Å². The van der Waals surface area contributed by atoms with Crippen molar-refractivity contribution in [2.45, 2.75) is 19.4 Å². The molecule has 19 heavy (non-hydrogen) atoms. The van der Waals surface area contributed by atoms with Crippen molar-refractivity contribution in [3.8, 4) is 0 Å². The van der Waals surface area contributed by atoms with E-state index in [-0.39, 0.29) is 6.04 Å². The van der Waals surface area contributed by atoms with Crippen LogP contribution in [0.3, 0.4) is 0 Å². The van der Waals surface area contributed by atoms with Crippen LogP contribution < -0.4 is 5.73 Å². The van der Waals surface area contributed by atoms with Crippen molar-refractivity contribution in [1.82, 2.24) is 4.98 Å². The van der Waals surface area contributed by atoms with Crippen LogP contribution in [0.4, 0.5) is 0 Å². The predicted octanol–water partition coefficient (Wildman–Crippen LogP) is 3.91. The van der Waals surface area contributed by atoms with E-state index in [1.165, 1.54) is 9.75 Å². The maximum Gasteiger partial charge on any atom is 0.0753 e. The quantitative estimate of drug-likeness (QED) is 0.782. The van der Waals surface area contributed by atoms with Gasteiger partial charge in [0, 0.05) is 26.9 Å². The van der Waals surface area contributed by atoms with E-state index in [4.69, 9.17) is 5.73 Å². The molecule has 0 aliphatic heterocycles. The summed E-state index contributed by atoms with van der Waals surface area (Å²) in [5, 5.41) is 1.14. The Bertz CT molecular complexity index is 697. The maximum atomic E-state index is 6.42. The van der Waals surface area contributed by atoms with Crippen LogP contribution in [0.1, 0.15) is 28.3 Å². The highest BCUT2D eigenvalue weighted by molar-refractivity contribution is 7.12. The van der Waals surface area contributed by atoms with Crippen LogP contribution in [0.2, 0.25) is 0 Å². The molecule has 2 heterocycles. The van der Waals surface area contributed by atoms with Gasteiger partial charge in [-0.05, 0) is 24.6 Å². The van der Waals surface area contributed by atoms with Gasteiger partial charge in [0.1, 0.15) is 0 Å². The van der Waals surface area contributed by atoms with E-state index in [2.05, 4.69) is 42.2 Å². The first-order valence-electron chi connectivity index (χ1n) is 6.47. The second-order valence-corrected chi connectivity index (χ2v) is 5.76. The van der Waals surface area contributed by atoms with Crippen molar-refractivity contribution in [2.75, 3.05) is 0 Å². The molecule has 0 amide bonds. The van der Waals surface area contributed by atoms with Crippen molar-refractivity contribution < 1.29 is 0 Å². The van der Waals surface area contributed by atoms with Gasteiger partial charge in [-0.1, -0.05) is 31.2 Å². The summed E-state index contributed by atoms with van der Waals surface area (Å²) in [6.07, 6.45) is 2.88. The molecule has 2 N–H and O–H groups in total. The molecule has 3 aromatic rings. The number of nitrogens with two attached hydrogens (primary N) is 1. The normalized spacial score (nSPS) is 12.7. The number of para-hydroxylation sites is 1. The molecular formula is C16H16N2S.